The average molecular weight is 807 g/mol. The van der Waals surface area contributed by atoms with E-state index in [0.717, 1.165) is 70.6 Å². The van der Waals surface area contributed by atoms with Crippen LogP contribution in [0.3, 0.4) is 0 Å². The molecule has 9 heteroatoms. The number of phosphoric ester groups is 1. The van der Waals surface area contributed by atoms with Crippen LogP contribution in [0.4, 0.5) is 0 Å². The lowest BCUT2D eigenvalue weighted by Crippen LogP contribution is -2.29. The summed E-state index contributed by atoms with van der Waals surface area (Å²) in [6, 6.07) is 0. The summed E-state index contributed by atoms with van der Waals surface area (Å²) in [7, 11) is -4.77. The van der Waals surface area contributed by atoms with Gasteiger partial charge in [-0.05, 0) is 57.8 Å². The van der Waals surface area contributed by atoms with Crippen molar-refractivity contribution in [3.63, 3.8) is 0 Å². The smallest absolute Gasteiger partial charge is 0.462 e. The lowest BCUT2D eigenvalue weighted by Gasteiger charge is -2.18. The van der Waals surface area contributed by atoms with Crippen LogP contribution in [0.15, 0.2) is 60.8 Å². The maximum absolute atomic E-state index is 12.4. The fourth-order valence-electron chi connectivity index (χ4n) is 6.22. The van der Waals surface area contributed by atoms with Crippen molar-refractivity contribution in [1.29, 1.82) is 0 Å². The lowest BCUT2D eigenvalue weighted by atomic mass is 10.0. The Bertz CT molecular complexity index is 1090. The fourth-order valence-corrected chi connectivity index (χ4v) is 6.58. The summed E-state index contributed by atoms with van der Waals surface area (Å²) in [6.07, 6.45) is 53.7. The number of rotatable bonds is 41. The van der Waals surface area contributed by atoms with Crippen LogP contribution in [0.2, 0.25) is 0 Å². The van der Waals surface area contributed by atoms with Gasteiger partial charge in [-0.25, -0.2) is 4.57 Å². The predicted octanol–water partition coefficient (Wildman–Crippen LogP) is 14.1. The largest absolute Gasteiger partial charge is 0.469 e. The molecule has 0 radical (unpaired) electrons. The van der Waals surface area contributed by atoms with Crippen molar-refractivity contribution < 1.29 is 37.9 Å². The van der Waals surface area contributed by atoms with Crippen molar-refractivity contribution >= 4 is 19.8 Å². The highest BCUT2D eigenvalue weighted by Crippen LogP contribution is 2.36. The van der Waals surface area contributed by atoms with E-state index in [1.165, 1.54) is 96.3 Å². The van der Waals surface area contributed by atoms with Crippen molar-refractivity contribution in [3.8, 4) is 0 Å². The minimum Gasteiger partial charge on any atom is -0.462 e. The van der Waals surface area contributed by atoms with Crippen molar-refractivity contribution in [2.75, 3.05) is 13.2 Å². The van der Waals surface area contributed by atoms with E-state index < -0.39 is 32.5 Å². The SMILES string of the molecule is CC/C=C/C/C=C/C/C=C/C/C=C/C/C=C/CCCCCC(=O)OC[C@H](COP(=O)(O)O)OC(=O)CCCCCCCCCCCCCCCCCCCCC. The zero-order chi connectivity index (χ0) is 41.1. The van der Waals surface area contributed by atoms with E-state index in [2.05, 4.69) is 79.1 Å². The average Bonchev–Trinajstić information content (AvgIpc) is 3.17. The Kier molecular flexibility index (Phi) is 40.7. The van der Waals surface area contributed by atoms with E-state index >= 15 is 0 Å². The molecule has 2 N–H and O–H groups in total. The van der Waals surface area contributed by atoms with Gasteiger partial charge in [-0.3, -0.25) is 14.1 Å². The number of carbonyl (C=O) groups is 2. The van der Waals surface area contributed by atoms with Gasteiger partial charge in [0, 0.05) is 12.8 Å². The van der Waals surface area contributed by atoms with E-state index in [1.807, 2.05) is 0 Å². The van der Waals surface area contributed by atoms with Gasteiger partial charge in [0.1, 0.15) is 6.61 Å². The second-order valence-electron chi connectivity index (χ2n) is 15.0. The van der Waals surface area contributed by atoms with E-state index in [4.69, 9.17) is 19.3 Å². The summed E-state index contributed by atoms with van der Waals surface area (Å²) >= 11 is 0. The maximum atomic E-state index is 12.4. The molecular formula is C47H83O8P. The van der Waals surface area contributed by atoms with Crippen molar-refractivity contribution in [1.82, 2.24) is 0 Å². The maximum Gasteiger partial charge on any atom is 0.469 e. The second kappa shape index (κ2) is 42.4. The molecule has 8 nitrogen and oxygen atoms in total. The molecule has 1 atom stereocenters. The van der Waals surface area contributed by atoms with Crippen LogP contribution in [0.5, 0.6) is 0 Å². The minimum atomic E-state index is -4.77. The molecule has 0 rings (SSSR count). The van der Waals surface area contributed by atoms with Gasteiger partial charge in [-0.15, -0.1) is 0 Å². The number of hydrogen-bond acceptors (Lipinski definition) is 6. The number of ether oxygens (including phenoxy) is 2. The number of hydrogen-bond donors (Lipinski definition) is 2. The normalized spacial score (nSPS) is 13.0. The van der Waals surface area contributed by atoms with Gasteiger partial charge in [0.25, 0.3) is 0 Å². The first-order valence-electron chi connectivity index (χ1n) is 22.6. The number of carbonyl (C=O) groups excluding carboxylic acids is 2. The van der Waals surface area contributed by atoms with Gasteiger partial charge in [0.05, 0.1) is 6.61 Å². The summed E-state index contributed by atoms with van der Waals surface area (Å²) in [5.74, 6) is -0.918. The third-order valence-electron chi connectivity index (χ3n) is 9.55. The summed E-state index contributed by atoms with van der Waals surface area (Å²) in [5, 5.41) is 0. The first-order chi connectivity index (χ1) is 27.3. The molecule has 0 aliphatic rings. The minimum absolute atomic E-state index is 0.205. The van der Waals surface area contributed by atoms with Gasteiger partial charge >= 0.3 is 19.8 Å². The first kappa shape index (κ1) is 53.8. The molecule has 0 bridgehead atoms. The molecule has 0 spiro atoms. The molecule has 0 saturated carbocycles. The van der Waals surface area contributed by atoms with E-state index in [1.54, 1.807) is 0 Å². The molecule has 0 fully saturated rings. The zero-order valence-corrected chi connectivity index (χ0v) is 36.7. The van der Waals surface area contributed by atoms with E-state index in [9.17, 15) is 14.2 Å². The highest BCUT2D eigenvalue weighted by Gasteiger charge is 2.22. The molecule has 0 aliphatic heterocycles. The first-order valence-corrected chi connectivity index (χ1v) is 24.1. The molecule has 0 amide bonds. The van der Waals surface area contributed by atoms with Crippen molar-refractivity contribution in [2.24, 2.45) is 0 Å². The van der Waals surface area contributed by atoms with Gasteiger partial charge in [0.15, 0.2) is 6.10 Å². The number of unbranched alkanes of at least 4 members (excludes halogenated alkanes) is 21. The Labute approximate surface area is 343 Å². The topological polar surface area (TPSA) is 119 Å². The van der Waals surface area contributed by atoms with Gasteiger partial charge in [-0.1, -0.05) is 197 Å². The van der Waals surface area contributed by atoms with Crippen molar-refractivity contribution in [2.45, 2.75) is 213 Å². The number of phosphoric acid groups is 1. The van der Waals surface area contributed by atoms with Crippen LogP contribution >= 0.6 is 7.82 Å². The van der Waals surface area contributed by atoms with Gasteiger partial charge in [0.2, 0.25) is 0 Å². The quantitative estimate of drug-likeness (QED) is 0.0271. The summed E-state index contributed by atoms with van der Waals surface area (Å²) in [4.78, 5) is 42.9. The Morgan fingerprint density at radius 3 is 1.29 bits per heavy atom. The van der Waals surface area contributed by atoms with Crippen LogP contribution in [-0.4, -0.2) is 41.0 Å². The molecule has 0 aromatic carbocycles. The molecular weight excluding hydrogens is 723 g/mol. The van der Waals surface area contributed by atoms with E-state index in [-0.39, 0.29) is 19.4 Å². The fraction of sp³-hybridized carbons (Fsp3) is 0.745. The Balaban J connectivity index is 3.93. The Morgan fingerprint density at radius 1 is 0.482 bits per heavy atom. The summed E-state index contributed by atoms with van der Waals surface area (Å²) in [6.45, 7) is 3.56. The lowest BCUT2D eigenvalue weighted by molar-refractivity contribution is -0.161. The highest BCUT2D eigenvalue weighted by molar-refractivity contribution is 7.46. The number of allylic oxidation sites excluding steroid dienone is 10. The highest BCUT2D eigenvalue weighted by atomic mass is 31.2. The Hall–Kier alpha value is -2.25. The molecule has 56 heavy (non-hydrogen) atoms. The second-order valence-corrected chi connectivity index (χ2v) is 16.2. The van der Waals surface area contributed by atoms with E-state index in [0.29, 0.717) is 12.8 Å². The van der Waals surface area contributed by atoms with Gasteiger partial charge < -0.3 is 19.3 Å². The molecule has 0 saturated heterocycles. The molecule has 0 aromatic rings. The molecule has 0 aliphatic carbocycles. The molecule has 324 valence electrons. The third kappa shape index (κ3) is 44.5. The zero-order valence-electron chi connectivity index (χ0n) is 35.8. The summed E-state index contributed by atoms with van der Waals surface area (Å²) < 4.78 is 26.4. The third-order valence-corrected chi connectivity index (χ3v) is 10.0. The standard InChI is InChI=1S/C47H83O8P/c1-3-5-7-9-11-13-15-17-19-21-23-25-27-29-31-33-35-37-39-41-46(48)53-43-45(44-54-56(50,51)52)55-47(49)42-40-38-36-34-32-30-28-26-24-22-20-18-16-14-12-10-8-6-4-2/h5,7,11,13,17,19,23,25,29,31,45H,3-4,6,8-10,12,14-16,18,20-22,24,26-28,30,32-44H2,1-2H3,(H2,50,51,52)/b7-5+,13-11+,19-17+,25-23+,31-29+/t45-/m1/s1. The van der Waals surface area contributed by atoms with Crippen LogP contribution in [-0.2, 0) is 28.2 Å². The van der Waals surface area contributed by atoms with Crippen LogP contribution < -0.4 is 0 Å². The monoisotopic (exact) mass is 807 g/mol. The Morgan fingerprint density at radius 2 is 0.857 bits per heavy atom. The number of esters is 2. The van der Waals surface area contributed by atoms with Crippen LogP contribution in [0, 0.1) is 0 Å². The molecule has 0 heterocycles. The van der Waals surface area contributed by atoms with Crippen molar-refractivity contribution in [3.05, 3.63) is 60.8 Å². The van der Waals surface area contributed by atoms with Gasteiger partial charge in [-0.2, -0.15) is 0 Å². The van der Waals surface area contributed by atoms with Crippen LogP contribution in [0.25, 0.3) is 0 Å². The molecule has 0 aromatic heterocycles. The predicted molar refractivity (Wildman–Crippen MR) is 234 cm³/mol. The summed E-state index contributed by atoms with van der Waals surface area (Å²) in [5.41, 5.74) is 0. The van der Waals surface area contributed by atoms with Crippen LogP contribution in [0.1, 0.15) is 206 Å². The molecule has 0 unspecified atom stereocenters.